The maximum atomic E-state index is 13.5. The molecule has 6 nitrogen and oxygen atoms in total. The maximum Gasteiger partial charge on any atom is 0.340 e. The first-order chi connectivity index (χ1) is 18.5. The second-order valence-electron chi connectivity index (χ2n) is 10.6. The number of benzene rings is 3. The molecule has 1 heterocycles. The minimum absolute atomic E-state index is 0.0986. The molecule has 0 spiro atoms. The van der Waals surface area contributed by atoms with Crippen molar-refractivity contribution in [1.82, 2.24) is 0 Å². The highest BCUT2D eigenvalue weighted by molar-refractivity contribution is 6.24. The summed E-state index contributed by atoms with van der Waals surface area (Å²) in [6.07, 6.45) is 5.32. The van der Waals surface area contributed by atoms with Crippen molar-refractivity contribution in [2.45, 2.75) is 6.42 Å². The van der Waals surface area contributed by atoms with Gasteiger partial charge in [0.15, 0.2) is 12.4 Å². The van der Waals surface area contributed by atoms with Crippen molar-refractivity contribution in [2.24, 2.45) is 35.5 Å². The number of imide groups is 1. The highest BCUT2D eigenvalue weighted by atomic mass is 16.5. The predicted molar refractivity (Wildman–Crippen MR) is 140 cm³/mol. The summed E-state index contributed by atoms with van der Waals surface area (Å²) >= 11 is 0. The van der Waals surface area contributed by atoms with Crippen LogP contribution in [0.2, 0.25) is 0 Å². The van der Waals surface area contributed by atoms with E-state index in [0.29, 0.717) is 17.4 Å². The second-order valence-corrected chi connectivity index (χ2v) is 10.6. The molecular formula is C32H25NO5. The van der Waals surface area contributed by atoms with Crippen LogP contribution in [0.4, 0.5) is 5.69 Å². The van der Waals surface area contributed by atoms with Gasteiger partial charge in [-0.1, -0.05) is 78.9 Å². The van der Waals surface area contributed by atoms with E-state index in [1.165, 1.54) is 11.0 Å². The van der Waals surface area contributed by atoms with Crippen LogP contribution in [0.3, 0.4) is 0 Å². The molecule has 38 heavy (non-hydrogen) atoms. The zero-order valence-corrected chi connectivity index (χ0v) is 20.5. The molecule has 6 atom stereocenters. The third kappa shape index (κ3) is 3.47. The lowest BCUT2D eigenvalue weighted by molar-refractivity contribution is -0.124. The highest BCUT2D eigenvalue weighted by Gasteiger charge is 2.67. The summed E-state index contributed by atoms with van der Waals surface area (Å²) in [5.41, 5.74) is 2.79. The Hall–Kier alpha value is -4.32. The normalized spacial score (nSPS) is 28.2. The number of amides is 2. The van der Waals surface area contributed by atoms with Gasteiger partial charge in [0.05, 0.1) is 23.1 Å². The number of Topliss-reactive ketones (excluding diaryl/α,β-unsaturated/α-hetero) is 1. The summed E-state index contributed by atoms with van der Waals surface area (Å²) in [5.74, 6) is -1.07. The standard InChI is InChI=1S/C32H25NO5/c34-27(20-12-10-19(11-13-20)18-6-2-1-3-7-18)17-38-32(37)23-8-4-5-9-26(23)33-30(35)28-21-14-15-22(25-16-24(21)25)29(28)31(33)36/h1-15,21-22,24-25,28-29H,16-17H2/t21-,22-,24-,25-,28+,29+/m0/s1. The van der Waals surface area contributed by atoms with Gasteiger partial charge < -0.3 is 4.74 Å². The fourth-order valence-electron chi connectivity index (χ4n) is 6.81. The zero-order valence-electron chi connectivity index (χ0n) is 20.5. The quantitative estimate of drug-likeness (QED) is 0.206. The van der Waals surface area contributed by atoms with Gasteiger partial charge in [-0.15, -0.1) is 0 Å². The predicted octanol–water partition coefficient (Wildman–Crippen LogP) is 4.95. The molecule has 2 saturated carbocycles. The van der Waals surface area contributed by atoms with E-state index >= 15 is 0 Å². The number of carbonyl (C=O) groups is 4. The van der Waals surface area contributed by atoms with Crippen molar-refractivity contribution in [3.8, 4) is 11.1 Å². The Morgan fingerprint density at radius 2 is 1.32 bits per heavy atom. The summed E-state index contributed by atoms with van der Waals surface area (Å²) in [4.78, 5) is 54.1. The lowest BCUT2D eigenvalue weighted by Gasteiger charge is -2.37. The van der Waals surface area contributed by atoms with Gasteiger partial charge in [0.1, 0.15) is 0 Å². The monoisotopic (exact) mass is 503 g/mol. The van der Waals surface area contributed by atoms with E-state index in [4.69, 9.17) is 4.74 Å². The summed E-state index contributed by atoms with van der Waals surface area (Å²) in [6.45, 7) is -0.442. The van der Waals surface area contributed by atoms with Crippen LogP contribution in [-0.4, -0.2) is 30.2 Å². The fraction of sp³-hybridized carbons (Fsp3) is 0.250. The van der Waals surface area contributed by atoms with Crippen LogP contribution in [0.1, 0.15) is 27.1 Å². The first-order valence-electron chi connectivity index (χ1n) is 13.0. The van der Waals surface area contributed by atoms with Gasteiger partial charge in [-0.2, -0.15) is 0 Å². The number of hydrogen-bond donors (Lipinski definition) is 0. The number of nitrogens with zero attached hydrogens (tertiary/aromatic N) is 1. The highest BCUT2D eigenvalue weighted by Crippen LogP contribution is 2.65. The molecule has 0 aromatic heterocycles. The van der Waals surface area contributed by atoms with E-state index in [0.717, 1.165) is 17.5 Å². The number of allylic oxidation sites excluding steroid dienone is 2. The number of rotatable bonds is 6. The minimum atomic E-state index is -0.741. The van der Waals surface area contributed by atoms with Crippen molar-refractivity contribution in [2.75, 3.05) is 11.5 Å². The molecule has 1 aliphatic heterocycles. The van der Waals surface area contributed by atoms with Crippen LogP contribution in [0.5, 0.6) is 0 Å². The molecule has 2 bridgehead atoms. The molecule has 1 saturated heterocycles. The Balaban J connectivity index is 1.07. The molecule has 0 N–H and O–H groups in total. The number of para-hydroxylation sites is 1. The van der Waals surface area contributed by atoms with E-state index in [-0.39, 0.29) is 52.5 Å². The van der Waals surface area contributed by atoms with Gasteiger partial charge in [-0.25, -0.2) is 9.69 Å². The third-order valence-electron chi connectivity index (χ3n) is 8.68. The van der Waals surface area contributed by atoms with Crippen molar-refractivity contribution in [3.05, 3.63) is 102 Å². The summed E-state index contributed by atoms with van der Waals surface area (Å²) in [5, 5.41) is 0. The van der Waals surface area contributed by atoms with Gasteiger partial charge in [-0.3, -0.25) is 14.4 Å². The average molecular weight is 504 g/mol. The molecule has 3 aromatic rings. The van der Waals surface area contributed by atoms with Crippen LogP contribution < -0.4 is 4.90 Å². The molecule has 3 aromatic carbocycles. The molecule has 4 aliphatic carbocycles. The van der Waals surface area contributed by atoms with Crippen molar-refractivity contribution >= 4 is 29.3 Å². The lowest BCUT2D eigenvalue weighted by atomic mass is 9.63. The van der Waals surface area contributed by atoms with Crippen LogP contribution in [-0.2, 0) is 14.3 Å². The molecule has 0 radical (unpaired) electrons. The van der Waals surface area contributed by atoms with Gasteiger partial charge >= 0.3 is 5.97 Å². The molecule has 6 heteroatoms. The van der Waals surface area contributed by atoms with Gasteiger partial charge in [0.2, 0.25) is 11.8 Å². The molecule has 8 rings (SSSR count). The summed E-state index contributed by atoms with van der Waals surface area (Å²) in [7, 11) is 0. The number of esters is 1. The molecule has 188 valence electrons. The molecular weight excluding hydrogens is 478 g/mol. The lowest BCUT2D eigenvalue weighted by Crippen LogP contribution is -2.40. The Kier molecular flexibility index (Phi) is 5.18. The smallest absolute Gasteiger partial charge is 0.340 e. The van der Waals surface area contributed by atoms with Crippen molar-refractivity contribution in [1.29, 1.82) is 0 Å². The average Bonchev–Trinajstić information content (AvgIpc) is 3.75. The van der Waals surface area contributed by atoms with Crippen LogP contribution in [0, 0.1) is 35.5 Å². The zero-order chi connectivity index (χ0) is 26.0. The number of carbonyl (C=O) groups excluding carboxylic acids is 4. The van der Waals surface area contributed by atoms with E-state index in [2.05, 4.69) is 12.2 Å². The third-order valence-corrected chi connectivity index (χ3v) is 8.68. The van der Waals surface area contributed by atoms with Crippen LogP contribution in [0.15, 0.2) is 91.0 Å². The van der Waals surface area contributed by atoms with E-state index in [1.807, 2.05) is 42.5 Å². The Morgan fingerprint density at radius 1 is 0.737 bits per heavy atom. The Bertz CT molecular complexity index is 1470. The van der Waals surface area contributed by atoms with E-state index < -0.39 is 12.6 Å². The van der Waals surface area contributed by atoms with Crippen molar-refractivity contribution < 1.29 is 23.9 Å². The SMILES string of the molecule is O=C(COC(=O)c1ccccc1N1C(=O)[C@@H]2[C@H]3C=C[C@@H]([C@@H]4C[C@@H]34)[C@H]2C1=O)c1ccc(-c2ccccc2)cc1. The molecule has 3 fully saturated rings. The van der Waals surface area contributed by atoms with Crippen LogP contribution >= 0.6 is 0 Å². The van der Waals surface area contributed by atoms with Gasteiger partial charge in [-0.05, 0) is 53.4 Å². The first kappa shape index (κ1) is 22.8. The van der Waals surface area contributed by atoms with E-state index in [1.54, 1.807) is 30.3 Å². The molecule has 0 unspecified atom stereocenters. The fourth-order valence-corrected chi connectivity index (χ4v) is 6.81. The number of ketones is 1. The molecule has 5 aliphatic rings. The molecule has 2 amide bonds. The van der Waals surface area contributed by atoms with Gasteiger partial charge in [0, 0.05) is 5.56 Å². The summed E-state index contributed by atoms with van der Waals surface area (Å²) in [6, 6.07) is 23.4. The van der Waals surface area contributed by atoms with Gasteiger partial charge in [0.25, 0.3) is 0 Å². The van der Waals surface area contributed by atoms with Crippen LogP contribution in [0.25, 0.3) is 11.1 Å². The summed E-state index contributed by atoms with van der Waals surface area (Å²) < 4.78 is 5.38. The first-order valence-corrected chi connectivity index (χ1v) is 13.0. The number of hydrogen-bond acceptors (Lipinski definition) is 5. The Labute approximate surface area is 219 Å². The van der Waals surface area contributed by atoms with E-state index in [9.17, 15) is 19.2 Å². The Morgan fingerprint density at radius 3 is 1.97 bits per heavy atom. The number of ether oxygens (including phenoxy) is 1. The maximum absolute atomic E-state index is 13.5. The topological polar surface area (TPSA) is 80.8 Å². The largest absolute Gasteiger partial charge is 0.454 e. The second kappa shape index (κ2) is 8.62. The minimum Gasteiger partial charge on any atom is -0.454 e. The van der Waals surface area contributed by atoms with Crippen molar-refractivity contribution in [3.63, 3.8) is 0 Å². The number of anilines is 1.